The Hall–Kier alpha value is -6.44. The van der Waals surface area contributed by atoms with Crippen molar-refractivity contribution < 1.29 is 57.9 Å². The number of carbonyl (C=O) groups excluding carboxylic acids is 4. The number of benzene rings is 3. The van der Waals surface area contributed by atoms with Crippen molar-refractivity contribution >= 4 is 36.1 Å². The molecule has 0 saturated carbocycles. The van der Waals surface area contributed by atoms with Crippen LogP contribution in [0.2, 0.25) is 0 Å². The second-order valence-corrected chi connectivity index (χ2v) is 10.6. The van der Waals surface area contributed by atoms with Gasteiger partial charge < -0.3 is 39.8 Å². The first-order chi connectivity index (χ1) is 24.0. The number of amides is 2. The maximum Gasteiger partial charge on any atom is 0.407 e. The summed E-state index contributed by atoms with van der Waals surface area (Å²) < 4.78 is 21.0. The molecule has 0 saturated heterocycles. The number of hydrogen-bond acceptors (Lipinski definition) is 10. The van der Waals surface area contributed by atoms with Crippen molar-refractivity contribution in [1.82, 2.24) is 10.6 Å². The molecule has 0 spiro atoms. The Morgan fingerprint density at radius 3 is 1.40 bits per heavy atom. The summed E-state index contributed by atoms with van der Waals surface area (Å²) in [5, 5.41) is 24.2. The smallest absolute Gasteiger partial charge is 0.407 e. The number of carbonyl (C=O) groups is 6. The number of esters is 2. The largest absolute Gasteiger partial charge is 0.478 e. The van der Waals surface area contributed by atoms with Crippen molar-refractivity contribution in [2.24, 2.45) is 0 Å². The highest BCUT2D eigenvalue weighted by molar-refractivity contribution is 5.90. The Labute approximate surface area is 287 Å². The van der Waals surface area contributed by atoms with E-state index in [4.69, 9.17) is 18.9 Å². The van der Waals surface area contributed by atoms with Gasteiger partial charge in [-0.2, -0.15) is 0 Å². The predicted octanol–water partition coefficient (Wildman–Crippen LogP) is 4.22. The Morgan fingerprint density at radius 2 is 1.02 bits per heavy atom. The first kappa shape index (κ1) is 38.0. The lowest BCUT2D eigenvalue weighted by atomic mass is 10.0. The van der Waals surface area contributed by atoms with E-state index >= 15 is 0 Å². The minimum absolute atomic E-state index is 0.0148. The Balaban J connectivity index is 1.58. The van der Waals surface area contributed by atoms with Crippen LogP contribution in [0.25, 0.3) is 0 Å². The maximum atomic E-state index is 12.7. The molecule has 0 heterocycles. The van der Waals surface area contributed by atoms with Crippen LogP contribution in [-0.2, 0) is 54.5 Å². The molecule has 3 aromatic rings. The second kappa shape index (κ2) is 19.4. The molecule has 0 radical (unpaired) electrons. The van der Waals surface area contributed by atoms with Crippen molar-refractivity contribution in [2.75, 3.05) is 13.2 Å². The molecule has 3 rings (SSSR count). The second-order valence-electron chi connectivity index (χ2n) is 10.6. The van der Waals surface area contributed by atoms with E-state index in [0.29, 0.717) is 22.3 Å². The molecular weight excluding hydrogens is 652 g/mol. The van der Waals surface area contributed by atoms with Gasteiger partial charge in [-0.25, -0.2) is 28.8 Å². The highest BCUT2D eigenvalue weighted by atomic mass is 16.6. The van der Waals surface area contributed by atoms with E-state index in [-0.39, 0.29) is 50.3 Å². The van der Waals surface area contributed by atoms with E-state index in [1.807, 2.05) is 0 Å². The van der Waals surface area contributed by atoms with Crippen molar-refractivity contribution in [3.8, 4) is 0 Å². The first-order valence-electron chi connectivity index (χ1n) is 15.2. The van der Waals surface area contributed by atoms with Gasteiger partial charge in [-0.3, -0.25) is 0 Å². The number of hydrogen-bond donors (Lipinski definition) is 4. The molecule has 14 heteroatoms. The van der Waals surface area contributed by atoms with Gasteiger partial charge in [0.15, 0.2) is 0 Å². The third-order valence-electron chi connectivity index (χ3n) is 6.96. The van der Waals surface area contributed by atoms with E-state index in [1.54, 1.807) is 60.7 Å². The van der Waals surface area contributed by atoms with E-state index in [1.165, 1.54) is 12.1 Å². The first-order valence-corrected chi connectivity index (χ1v) is 15.2. The number of aromatic carboxylic acids is 2. The summed E-state index contributed by atoms with van der Waals surface area (Å²) in [5.41, 5.74) is 2.06. The molecule has 0 aromatic heterocycles. The third kappa shape index (κ3) is 12.6. The zero-order valence-corrected chi connectivity index (χ0v) is 26.9. The lowest BCUT2D eigenvalue weighted by Crippen LogP contribution is -2.33. The van der Waals surface area contributed by atoms with Crippen LogP contribution in [0, 0.1) is 0 Å². The number of rotatable bonds is 18. The Morgan fingerprint density at radius 1 is 0.620 bits per heavy atom. The van der Waals surface area contributed by atoms with Crippen molar-refractivity contribution in [2.45, 2.75) is 38.1 Å². The molecule has 0 bridgehead atoms. The van der Waals surface area contributed by atoms with E-state index in [9.17, 15) is 39.0 Å². The zero-order valence-electron chi connectivity index (χ0n) is 26.9. The average Bonchev–Trinajstić information content (AvgIpc) is 3.11. The SMILES string of the molecule is C=CC(=O)OCC(Cc1ccccc1C(=O)O)OC(=O)NCc1cccc(CNC(=O)OC(COC(=O)C=C)Cc2ccccc2C(=O)O)c1. The Bertz CT molecular complexity index is 1600. The van der Waals surface area contributed by atoms with Crippen LogP contribution in [0.1, 0.15) is 43.0 Å². The lowest BCUT2D eigenvalue weighted by molar-refractivity contribution is -0.141. The quantitative estimate of drug-likeness (QED) is 0.0843. The molecule has 0 aliphatic heterocycles. The minimum atomic E-state index is -1.16. The van der Waals surface area contributed by atoms with Gasteiger partial charge in [0.25, 0.3) is 0 Å². The summed E-state index contributed by atoms with van der Waals surface area (Å²) in [7, 11) is 0. The fourth-order valence-corrected chi connectivity index (χ4v) is 4.63. The maximum absolute atomic E-state index is 12.7. The molecule has 2 atom stereocenters. The van der Waals surface area contributed by atoms with Crippen molar-refractivity contribution in [3.05, 3.63) is 131 Å². The molecule has 0 fully saturated rings. The van der Waals surface area contributed by atoms with Gasteiger partial charge in [-0.05, 0) is 34.4 Å². The summed E-state index contributed by atoms with van der Waals surface area (Å²) >= 11 is 0. The molecule has 2 unspecified atom stereocenters. The highest BCUT2D eigenvalue weighted by Crippen LogP contribution is 2.16. The van der Waals surface area contributed by atoms with Crippen molar-refractivity contribution in [1.29, 1.82) is 0 Å². The third-order valence-corrected chi connectivity index (χ3v) is 6.96. The topological polar surface area (TPSA) is 204 Å². The number of carboxylic acid groups (broad SMARTS) is 2. The summed E-state index contributed by atoms with van der Waals surface area (Å²) in [6.07, 6.45) is -1.91. The van der Waals surface area contributed by atoms with Gasteiger partial charge in [-0.15, -0.1) is 0 Å². The number of alkyl carbamates (subject to hydrolysis) is 2. The molecule has 3 aromatic carbocycles. The van der Waals surface area contributed by atoms with Gasteiger partial charge in [0, 0.05) is 38.1 Å². The van der Waals surface area contributed by atoms with E-state index < -0.39 is 48.3 Å². The molecular formula is C36H36N2O12. The molecule has 14 nitrogen and oxygen atoms in total. The van der Waals surface area contributed by atoms with E-state index in [0.717, 1.165) is 12.2 Å². The van der Waals surface area contributed by atoms with Crippen LogP contribution >= 0.6 is 0 Å². The number of nitrogens with one attached hydrogen (secondary N) is 2. The standard InChI is InChI=1S/C36H36N2O12/c1-3-31(39)47-21-27(17-25-12-5-7-14-29(25)33(41)42)49-35(45)37-19-23-10-9-11-24(16-23)20-38-36(46)50-28(22-48-32(40)4-2)18-26-13-6-8-15-30(26)34(43)44/h3-16,27-28H,1-2,17-22H2,(H,37,45)(H,38,46)(H,41,42)(H,43,44). The fourth-order valence-electron chi connectivity index (χ4n) is 4.63. The number of carboxylic acids is 2. The van der Waals surface area contributed by atoms with Gasteiger partial charge >= 0.3 is 36.1 Å². The fraction of sp³-hybridized carbons (Fsp3) is 0.222. The predicted molar refractivity (Wildman–Crippen MR) is 177 cm³/mol. The summed E-state index contributed by atoms with van der Waals surface area (Å²) in [6.45, 7) is 6.00. The van der Waals surface area contributed by atoms with Crippen LogP contribution in [0.4, 0.5) is 9.59 Å². The van der Waals surface area contributed by atoms with Crippen molar-refractivity contribution in [3.63, 3.8) is 0 Å². The lowest BCUT2D eigenvalue weighted by Gasteiger charge is -2.19. The van der Waals surface area contributed by atoms with E-state index in [2.05, 4.69) is 23.8 Å². The van der Waals surface area contributed by atoms with Crippen LogP contribution in [0.15, 0.2) is 98.1 Å². The molecule has 0 aliphatic rings. The summed E-state index contributed by atoms with van der Waals surface area (Å²) in [5.74, 6) is -3.81. The molecule has 50 heavy (non-hydrogen) atoms. The van der Waals surface area contributed by atoms with Crippen LogP contribution in [-0.4, -0.2) is 71.7 Å². The zero-order chi connectivity index (χ0) is 36.5. The van der Waals surface area contributed by atoms with Crippen LogP contribution in [0.3, 0.4) is 0 Å². The highest BCUT2D eigenvalue weighted by Gasteiger charge is 2.22. The van der Waals surface area contributed by atoms with Crippen LogP contribution in [0.5, 0.6) is 0 Å². The molecule has 2 amide bonds. The normalized spacial score (nSPS) is 11.5. The molecule has 262 valence electrons. The van der Waals surface area contributed by atoms with Gasteiger partial charge in [0.1, 0.15) is 25.4 Å². The Kier molecular flexibility index (Phi) is 14.7. The monoisotopic (exact) mass is 688 g/mol. The summed E-state index contributed by atoms with van der Waals surface area (Å²) in [4.78, 5) is 71.9. The minimum Gasteiger partial charge on any atom is -0.478 e. The average molecular weight is 689 g/mol. The van der Waals surface area contributed by atoms with Gasteiger partial charge in [0.05, 0.1) is 11.1 Å². The number of ether oxygens (including phenoxy) is 4. The molecule has 0 aliphatic carbocycles. The van der Waals surface area contributed by atoms with Gasteiger partial charge in [-0.1, -0.05) is 73.8 Å². The molecule has 4 N–H and O–H groups in total. The van der Waals surface area contributed by atoms with Gasteiger partial charge in [0.2, 0.25) is 0 Å². The summed E-state index contributed by atoms with van der Waals surface area (Å²) in [6, 6.07) is 19.2. The van der Waals surface area contributed by atoms with Crippen LogP contribution < -0.4 is 10.6 Å².